The summed E-state index contributed by atoms with van der Waals surface area (Å²) in [6.07, 6.45) is 1.15. The predicted molar refractivity (Wildman–Crippen MR) is 111 cm³/mol. The molecule has 7 nitrogen and oxygen atoms in total. The molecule has 3 N–H and O–H groups in total. The number of aromatic nitrogens is 2. The van der Waals surface area contributed by atoms with E-state index in [9.17, 15) is 9.18 Å². The van der Waals surface area contributed by atoms with Gasteiger partial charge in [0.05, 0.1) is 11.0 Å². The third kappa shape index (κ3) is 4.90. The van der Waals surface area contributed by atoms with Crippen molar-refractivity contribution in [1.29, 1.82) is 0 Å². The zero-order chi connectivity index (χ0) is 20.8. The van der Waals surface area contributed by atoms with Crippen LogP contribution in [0.5, 0.6) is 0 Å². The Balaban J connectivity index is 1.77. The van der Waals surface area contributed by atoms with E-state index in [1.54, 1.807) is 35.2 Å². The molecule has 1 aromatic heterocycles. The highest BCUT2D eigenvalue weighted by molar-refractivity contribution is 6.00. The van der Waals surface area contributed by atoms with Gasteiger partial charge in [-0.05, 0) is 55.3 Å². The van der Waals surface area contributed by atoms with Gasteiger partial charge in [-0.3, -0.25) is 4.84 Å². The number of amides is 1. The van der Waals surface area contributed by atoms with E-state index in [2.05, 4.69) is 15.1 Å². The summed E-state index contributed by atoms with van der Waals surface area (Å²) in [4.78, 5) is 26.5. The van der Waals surface area contributed by atoms with E-state index in [1.165, 1.54) is 12.1 Å². The van der Waals surface area contributed by atoms with Gasteiger partial charge < -0.3 is 15.6 Å². The molecule has 0 aliphatic rings. The SMILES string of the molecule is CCCN(CCC)C(=O)ON=C(N)c1ccc2nc(-c3ccc(F)cc3)[nH]c2c1. The molecule has 3 rings (SSSR count). The summed E-state index contributed by atoms with van der Waals surface area (Å²) in [5.41, 5.74) is 8.83. The summed E-state index contributed by atoms with van der Waals surface area (Å²) in [5.74, 6) is 0.405. The summed E-state index contributed by atoms with van der Waals surface area (Å²) < 4.78 is 13.1. The van der Waals surface area contributed by atoms with Crippen LogP contribution in [0.4, 0.5) is 9.18 Å². The molecular weight excluding hydrogens is 373 g/mol. The maximum Gasteiger partial charge on any atom is 0.436 e. The minimum atomic E-state index is -0.516. The molecule has 0 unspecified atom stereocenters. The van der Waals surface area contributed by atoms with Crippen molar-refractivity contribution in [3.63, 3.8) is 0 Å². The third-order valence-electron chi connectivity index (χ3n) is 4.36. The molecular formula is C21H24FN5O2. The second kappa shape index (κ2) is 9.18. The van der Waals surface area contributed by atoms with Crippen LogP contribution in [-0.4, -0.2) is 39.9 Å². The van der Waals surface area contributed by atoms with Crippen molar-refractivity contribution in [2.45, 2.75) is 26.7 Å². The van der Waals surface area contributed by atoms with Crippen LogP contribution in [0.3, 0.4) is 0 Å². The first-order valence-electron chi connectivity index (χ1n) is 9.57. The minimum Gasteiger partial charge on any atom is -0.380 e. The second-order valence-corrected chi connectivity index (χ2v) is 6.65. The Morgan fingerprint density at radius 1 is 1.17 bits per heavy atom. The van der Waals surface area contributed by atoms with E-state index >= 15 is 0 Å². The van der Waals surface area contributed by atoms with Gasteiger partial charge in [-0.2, -0.15) is 0 Å². The Hall–Kier alpha value is -3.42. The largest absolute Gasteiger partial charge is 0.436 e. The fourth-order valence-corrected chi connectivity index (χ4v) is 2.95. The Kier molecular flexibility index (Phi) is 6.43. The second-order valence-electron chi connectivity index (χ2n) is 6.65. The number of nitrogens with one attached hydrogen (secondary N) is 1. The quantitative estimate of drug-likeness (QED) is 0.270. The number of hydrogen-bond acceptors (Lipinski definition) is 4. The van der Waals surface area contributed by atoms with Gasteiger partial charge in [-0.1, -0.05) is 19.0 Å². The van der Waals surface area contributed by atoms with Gasteiger partial charge in [0, 0.05) is 24.2 Å². The Bertz CT molecular complexity index is 1010. The molecule has 0 saturated heterocycles. The number of nitrogens with zero attached hydrogens (tertiary/aromatic N) is 3. The average molecular weight is 397 g/mol. The lowest BCUT2D eigenvalue weighted by atomic mass is 10.2. The predicted octanol–water partition coefficient (Wildman–Crippen LogP) is 4.25. The maximum atomic E-state index is 13.1. The van der Waals surface area contributed by atoms with Crippen molar-refractivity contribution in [3.8, 4) is 11.4 Å². The lowest BCUT2D eigenvalue weighted by Gasteiger charge is -2.18. The number of amidine groups is 1. The number of rotatable bonds is 7. The highest BCUT2D eigenvalue weighted by atomic mass is 19.1. The monoisotopic (exact) mass is 397 g/mol. The number of nitrogens with two attached hydrogens (primary N) is 1. The molecule has 29 heavy (non-hydrogen) atoms. The molecule has 0 spiro atoms. The van der Waals surface area contributed by atoms with Crippen molar-refractivity contribution in [2.24, 2.45) is 10.9 Å². The lowest BCUT2D eigenvalue weighted by Crippen LogP contribution is -2.32. The standard InChI is InChI=1S/C21H24FN5O2/c1-3-11-27(12-4-2)21(28)29-26-19(23)15-7-10-17-18(13-15)25-20(24-17)14-5-8-16(22)9-6-14/h5-10,13H,3-4,11-12H2,1-2H3,(H2,23,26)(H,24,25). The first-order chi connectivity index (χ1) is 14.0. The van der Waals surface area contributed by atoms with Crippen molar-refractivity contribution in [1.82, 2.24) is 14.9 Å². The lowest BCUT2D eigenvalue weighted by molar-refractivity contribution is 0.105. The first-order valence-corrected chi connectivity index (χ1v) is 9.57. The fourth-order valence-electron chi connectivity index (χ4n) is 2.95. The Morgan fingerprint density at radius 2 is 1.86 bits per heavy atom. The number of aromatic amines is 1. The summed E-state index contributed by atoms with van der Waals surface area (Å²) in [7, 11) is 0. The third-order valence-corrected chi connectivity index (χ3v) is 4.36. The van der Waals surface area contributed by atoms with Crippen molar-refractivity contribution < 1.29 is 14.0 Å². The highest BCUT2D eigenvalue weighted by Gasteiger charge is 2.14. The maximum absolute atomic E-state index is 13.1. The van der Waals surface area contributed by atoms with Crippen molar-refractivity contribution in [3.05, 3.63) is 53.8 Å². The molecule has 0 bridgehead atoms. The van der Waals surface area contributed by atoms with Gasteiger partial charge in [0.1, 0.15) is 11.6 Å². The van der Waals surface area contributed by atoms with Crippen LogP contribution >= 0.6 is 0 Å². The van der Waals surface area contributed by atoms with Gasteiger partial charge in [-0.25, -0.2) is 14.2 Å². The molecule has 0 aliphatic carbocycles. The number of benzene rings is 2. The average Bonchev–Trinajstić information content (AvgIpc) is 3.15. The number of imidazole rings is 1. The van der Waals surface area contributed by atoms with E-state index in [4.69, 9.17) is 10.6 Å². The van der Waals surface area contributed by atoms with Gasteiger partial charge in [-0.15, -0.1) is 0 Å². The number of carbonyl (C=O) groups is 1. The Labute approximate surface area is 168 Å². The number of H-pyrrole nitrogens is 1. The highest BCUT2D eigenvalue weighted by Crippen LogP contribution is 2.21. The molecule has 0 radical (unpaired) electrons. The molecule has 8 heteroatoms. The van der Waals surface area contributed by atoms with E-state index < -0.39 is 6.09 Å². The summed E-state index contributed by atoms with van der Waals surface area (Å²) in [6.45, 7) is 5.20. The van der Waals surface area contributed by atoms with Crippen LogP contribution in [0.25, 0.3) is 22.4 Å². The van der Waals surface area contributed by atoms with E-state index in [0.29, 0.717) is 24.5 Å². The van der Waals surface area contributed by atoms with Gasteiger partial charge in [0.15, 0.2) is 5.84 Å². The van der Waals surface area contributed by atoms with Gasteiger partial charge in [0.2, 0.25) is 0 Å². The van der Waals surface area contributed by atoms with E-state index in [0.717, 1.165) is 29.4 Å². The number of carbonyl (C=O) groups excluding carboxylic acids is 1. The van der Waals surface area contributed by atoms with Crippen LogP contribution in [0.15, 0.2) is 47.6 Å². The van der Waals surface area contributed by atoms with Crippen molar-refractivity contribution >= 4 is 23.0 Å². The molecule has 2 aromatic carbocycles. The molecule has 0 fully saturated rings. The first kappa shape index (κ1) is 20.3. The normalized spacial score (nSPS) is 11.6. The number of fused-ring (bicyclic) bond motifs is 1. The molecule has 0 atom stereocenters. The molecule has 0 saturated carbocycles. The van der Waals surface area contributed by atoms with E-state index in [-0.39, 0.29) is 11.7 Å². The van der Waals surface area contributed by atoms with Crippen LogP contribution in [0.2, 0.25) is 0 Å². The summed E-state index contributed by atoms with van der Waals surface area (Å²) >= 11 is 0. The molecule has 152 valence electrons. The summed E-state index contributed by atoms with van der Waals surface area (Å²) in [5, 5.41) is 3.79. The Morgan fingerprint density at radius 3 is 2.52 bits per heavy atom. The number of halogens is 1. The molecule has 1 heterocycles. The van der Waals surface area contributed by atoms with Crippen LogP contribution in [-0.2, 0) is 4.84 Å². The van der Waals surface area contributed by atoms with Crippen LogP contribution < -0.4 is 5.73 Å². The van der Waals surface area contributed by atoms with Gasteiger partial charge >= 0.3 is 6.09 Å². The molecule has 0 aliphatic heterocycles. The topological polar surface area (TPSA) is 96.6 Å². The summed E-state index contributed by atoms with van der Waals surface area (Å²) in [6, 6.07) is 11.4. The number of hydrogen-bond donors (Lipinski definition) is 2. The minimum absolute atomic E-state index is 0.0890. The van der Waals surface area contributed by atoms with Gasteiger partial charge in [0.25, 0.3) is 0 Å². The number of oxime groups is 1. The van der Waals surface area contributed by atoms with Crippen LogP contribution in [0, 0.1) is 5.82 Å². The molecule has 1 amide bonds. The van der Waals surface area contributed by atoms with E-state index in [1.807, 2.05) is 13.8 Å². The van der Waals surface area contributed by atoms with Crippen LogP contribution in [0.1, 0.15) is 32.3 Å². The zero-order valence-electron chi connectivity index (χ0n) is 16.5. The van der Waals surface area contributed by atoms with Crippen molar-refractivity contribution in [2.75, 3.05) is 13.1 Å². The smallest absolute Gasteiger partial charge is 0.380 e. The zero-order valence-corrected chi connectivity index (χ0v) is 16.5. The fraction of sp³-hybridized carbons (Fsp3) is 0.286. The molecule has 3 aromatic rings.